The Morgan fingerprint density at radius 1 is 1.12 bits per heavy atom. The number of aromatic nitrogens is 3. The van der Waals surface area contributed by atoms with E-state index in [9.17, 15) is 9.59 Å². The largest absolute Gasteiger partial charge is 0.385 e. The van der Waals surface area contributed by atoms with E-state index in [4.69, 9.17) is 4.74 Å². The van der Waals surface area contributed by atoms with Gasteiger partial charge in [-0.15, -0.1) is 0 Å². The molecule has 1 aliphatic rings. The number of amides is 2. The molecule has 2 aromatic heterocycles. The Labute approximate surface area is 187 Å². The fourth-order valence-corrected chi connectivity index (χ4v) is 3.97. The van der Waals surface area contributed by atoms with Crippen LogP contribution < -0.4 is 5.32 Å². The zero-order valence-corrected chi connectivity index (χ0v) is 18.1. The van der Waals surface area contributed by atoms with Crippen LogP contribution in [0.5, 0.6) is 0 Å². The number of anilines is 1. The van der Waals surface area contributed by atoms with Gasteiger partial charge in [-0.05, 0) is 62.1 Å². The summed E-state index contributed by atoms with van der Waals surface area (Å²) < 4.78 is 6.88. The van der Waals surface area contributed by atoms with Crippen molar-refractivity contribution >= 4 is 17.5 Å². The molecule has 0 aliphatic carbocycles. The maximum absolute atomic E-state index is 13.1. The van der Waals surface area contributed by atoms with Crippen molar-refractivity contribution in [2.75, 3.05) is 25.6 Å². The highest BCUT2D eigenvalue weighted by Crippen LogP contribution is 2.23. The van der Waals surface area contributed by atoms with Crippen LogP contribution in [0.25, 0.3) is 5.69 Å². The van der Waals surface area contributed by atoms with Gasteiger partial charge in [-0.25, -0.2) is 4.68 Å². The molecule has 1 N–H and O–H groups in total. The van der Waals surface area contributed by atoms with Crippen LogP contribution in [0.4, 0.5) is 5.69 Å². The van der Waals surface area contributed by atoms with Crippen molar-refractivity contribution in [3.8, 4) is 5.69 Å². The molecule has 8 heteroatoms. The average Bonchev–Trinajstić information content (AvgIpc) is 3.31. The van der Waals surface area contributed by atoms with Gasteiger partial charge in [-0.2, -0.15) is 5.10 Å². The molecule has 166 valence electrons. The number of piperidine rings is 1. The maximum atomic E-state index is 13.1. The highest BCUT2D eigenvalue weighted by Gasteiger charge is 2.27. The van der Waals surface area contributed by atoms with Crippen LogP contribution in [0.15, 0.2) is 61.2 Å². The molecule has 1 fully saturated rings. The van der Waals surface area contributed by atoms with Crippen molar-refractivity contribution in [3.63, 3.8) is 0 Å². The van der Waals surface area contributed by atoms with Crippen molar-refractivity contribution in [1.29, 1.82) is 0 Å². The van der Waals surface area contributed by atoms with Crippen molar-refractivity contribution < 1.29 is 14.3 Å². The number of hydrogen-bond acceptors (Lipinski definition) is 5. The summed E-state index contributed by atoms with van der Waals surface area (Å²) in [6.45, 7) is 1.44. The van der Waals surface area contributed by atoms with Crippen LogP contribution in [0.2, 0.25) is 0 Å². The van der Waals surface area contributed by atoms with E-state index in [-0.39, 0.29) is 17.9 Å². The normalized spacial score (nSPS) is 16.0. The summed E-state index contributed by atoms with van der Waals surface area (Å²) in [5, 5.41) is 7.13. The molecule has 32 heavy (non-hydrogen) atoms. The van der Waals surface area contributed by atoms with E-state index in [1.165, 1.54) is 6.20 Å². The van der Waals surface area contributed by atoms with Crippen molar-refractivity contribution in [1.82, 2.24) is 19.7 Å². The molecule has 0 bridgehead atoms. The van der Waals surface area contributed by atoms with Gasteiger partial charge in [-0.1, -0.05) is 0 Å². The SMILES string of the molecule is COCC[C@H]1CCCCN1C(=O)c1ccc(-n2cc(NC(=O)c3cccnc3)cn2)cc1. The minimum Gasteiger partial charge on any atom is -0.385 e. The van der Waals surface area contributed by atoms with Crippen LogP contribution in [0.3, 0.4) is 0 Å². The van der Waals surface area contributed by atoms with Gasteiger partial charge >= 0.3 is 0 Å². The standard InChI is InChI=1S/C24H27N5O3/c1-32-14-11-21-6-2-3-13-28(21)24(31)18-7-9-22(10-8-18)29-17-20(16-26-29)27-23(30)19-5-4-12-25-15-19/h4-5,7-10,12,15-17,21H,2-3,6,11,13-14H2,1H3,(H,27,30)/t21-/m1/s1. The lowest BCUT2D eigenvalue weighted by atomic mass is 9.98. The average molecular weight is 434 g/mol. The molecule has 4 rings (SSSR count). The number of nitrogens with one attached hydrogen (secondary N) is 1. The molecule has 2 amide bonds. The third-order valence-corrected chi connectivity index (χ3v) is 5.69. The van der Waals surface area contributed by atoms with E-state index in [2.05, 4.69) is 15.4 Å². The van der Waals surface area contributed by atoms with Gasteiger partial charge < -0.3 is 15.0 Å². The van der Waals surface area contributed by atoms with Crippen molar-refractivity contribution in [2.24, 2.45) is 0 Å². The number of rotatable bonds is 7. The number of nitrogens with zero attached hydrogens (tertiary/aromatic N) is 4. The first-order chi connectivity index (χ1) is 15.7. The van der Waals surface area contributed by atoms with Gasteiger partial charge in [0.1, 0.15) is 0 Å². The van der Waals surface area contributed by atoms with Crippen LogP contribution in [-0.4, -0.2) is 57.8 Å². The summed E-state index contributed by atoms with van der Waals surface area (Å²) in [4.78, 5) is 31.3. The van der Waals surface area contributed by atoms with Crippen LogP contribution in [0, 0.1) is 0 Å². The number of hydrogen-bond donors (Lipinski definition) is 1. The lowest BCUT2D eigenvalue weighted by Gasteiger charge is -2.36. The maximum Gasteiger partial charge on any atom is 0.257 e. The highest BCUT2D eigenvalue weighted by molar-refractivity contribution is 6.03. The van der Waals surface area contributed by atoms with E-state index in [0.29, 0.717) is 23.4 Å². The fourth-order valence-electron chi connectivity index (χ4n) is 3.97. The molecule has 3 aromatic rings. The minimum atomic E-state index is -0.247. The van der Waals surface area contributed by atoms with Crippen LogP contribution in [0.1, 0.15) is 46.4 Å². The van der Waals surface area contributed by atoms with E-state index in [1.807, 2.05) is 29.2 Å². The van der Waals surface area contributed by atoms with Gasteiger partial charge in [0.2, 0.25) is 0 Å². The zero-order valence-electron chi connectivity index (χ0n) is 18.1. The summed E-state index contributed by atoms with van der Waals surface area (Å²) in [6, 6.07) is 11.0. The number of carbonyl (C=O) groups excluding carboxylic acids is 2. The second-order valence-corrected chi connectivity index (χ2v) is 7.85. The first-order valence-corrected chi connectivity index (χ1v) is 10.8. The van der Waals surface area contributed by atoms with Gasteiger partial charge in [-0.3, -0.25) is 14.6 Å². The molecule has 1 atom stereocenters. The topological polar surface area (TPSA) is 89.4 Å². The summed E-state index contributed by atoms with van der Waals surface area (Å²) in [6.07, 6.45) is 10.5. The quantitative estimate of drug-likeness (QED) is 0.616. The fraction of sp³-hybridized carbons (Fsp3) is 0.333. The van der Waals surface area contributed by atoms with Gasteiger partial charge in [0.25, 0.3) is 11.8 Å². The Bertz CT molecular complexity index is 1050. The molecular weight excluding hydrogens is 406 g/mol. The van der Waals surface area contributed by atoms with E-state index in [0.717, 1.165) is 37.9 Å². The molecule has 3 heterocycles. The zero-order chi connectivity index (χ0) is 22.3. The van der Waals surface area contributed by atoms with Crippen LogP contribution >= 0.6 is 0 Å². The number of benzene rings is 1. The molecule has 8 nitrogen and oxygen atoms in total. The third kappa shape index (κ3) is 5.03. The highest BCUT2D eigenvalue weighted by atomic mass is 16.5. The van der Waals surface area contributed by atoms with Gasteiger partial charge in [0, 0.05) is 44.3 Å². The molecule has 0 unspecified atom stereocenters. The Kier molecular flexibility index (Phi) is 6.91. The molecule has 1 saturated heterocycles. The van der Waals surface area contributed by atoms with Crippen molar-refractivity contribution in [2.45, 2.75) is 31.7 Å². The van der Waals surface area contributed by atoms with Gasteiger partial charge in [0.15, 0.2) is 0 Å². The summed E-state index contributed by atoms with van der Waals surface area (Å²) >= 11 is 0. The number of carbonyl (C=O) groups is 2. The Hall–Kier alpha value is -3.52. The number of methoxy groups -OCH3 is 1. The molecular formula is C24H27N5O3. The molecule has 1 aliphatic heterocycles. The lowest BCUT2D eigenvalue weighted by molar-refractivity contribution is 0.0553. The lowest BCUT2D eigenvalue weighted by Crippen LogP contribution is -2.44. The monoisotopic (exact) mass is 433 g/mol. The third-order valence-electron chi connectivity index (χ3n) is 5.69. The first-order valence-electron chi connectivity index (χ1n) is 10.8. The summed E-state index contributed by atoms with van der Waals surface area (Å²) in [5.74, 6) is -0.189. The Morgan fingerprint density at radius 2 is 1.97 bits per heavy atom. The van der Waals surface area contributed by atoms with Crippen molar-refractivity contribution in [3.05, 3.63) is 72.3 Å². The molecule has 0 spiro atoms. The predicted molar refractivity (Wildman–Crippen MR) is 121 cm³/mol. The number of ether oxygens (including phenoxy) is 1. The number of pyridine rings is 1. The second kappa shape index (κ2) is 10.2. The molecule has 1 aromatic carbocycles. The van der Waals surface area contributed by atoms with E-state index < -0.39 is 0 Å². The van der Waals surface area contributed by atoms with E-state index in [1.54, 1.807) is 42.5 Å². The summed E-state index contributed by atoms with van der Waals surface area (Å²) in [7, 11) is 1.69. The van der Waals surface area contributed by atoms with E-state index >= 15 is 0 Å². The second-order valence-electron chi connectivity index (χ2n) is 7.85. The Balaban J connectivity index is 1.42. The first kappa shape index (κ1) is 21.7. The minimum absolute atomic E-state index is 0.0576. The van der Waals surface area contributed by atoms with Crippen LogP contribution in [-0.2, 0) is 4.74 Å². The van der Waals surface area contributed by atoms with Gasteiger partial charge in [0.05, 0.1) is 29.3 Å². The number of likely N-dealkylation sites (tertiary alicyclic amines) is 1. The smallest absolute Gasteiger partial charge is 0.257 e. The summed E-state index contributed by atoms with van der Waals surface area (Å²) in [5.41, 5.74) is 2.52. The predicted octanol–water partition coefficient (Wildman–Crippen LogP) is 3.55. The molecule has 0 radical (unpaired) electrons. The molecule has 0 saturated carbocycles. The Morgan fingerprint density at radius 3 is 2.72 bits per heavy atom.